The molecule has 0 spiro atoms. The van der Waals surface area contributed by atoms with Crippen molar-refractivity contribution in [2.24, 2.45) is 0 Å². The van der Waals surface area contributed by atoms with Gasteiger partial charge in [-0.3, -0.25) is 0 Å². The van der Waals surface area contributed by atoms with E-state index in [9.17, 15) is 0 Å². The van der Waals surface area contributed by atoms with Gasteiger partial charge in [0, 0.05) is 5.56 Å². The van der Waals surface area contributed by atoms with Gasteiger partial charge in [0.05, 0.1) is 27.9 Å². The highest BCUT2D eigenvalue weighted by atomic mass is 16.5. The average Bonchev–Trinajstić information content (AvgIpc) is 3.42. The highest BCUT2D eigenvalue weighted by Crippen LogP contribution is 2.30. The van der Waals surface area contributed by atoms with E-state index in [-0.39, 0.29) is 0 Å². The van der Waals surface area contributed by atoms with Crippen molar-refractivity contribution in [3.05, 3.63) is 119 Å². The van der Waals surface area contributed by atoms with Crippen LogP contribution in [0.15, 0.2) is 91.0 Å². The van der Waals surface area contributed by atoms with Crippen molar-refractivity contribution in [3.8, 4) is 28.6 Å². The molecule has 192 valence electrons. The van der Waals surface area contributed by atoms with E-state index in [2.05, 4.69) is 52.8 Å². The molecule has 5 aromatic rings. The number of aromatic nitrogens is 4. The lowest BCUT2D eigenvalue weighted by atomic mass is 9.92. The molecule has 0 fully saturated rings. The molecule has 0 aliphatic carbocycles. The molecule has 0 atom stereocenters. The summed E-state index contributed by atoms with van der Waals surface area (Å²) in [7, 11) is 5.01. The maximum Gasteiger partial charge on any atom is 0.205 e. The van der Waals surface area contributed by atoms with Crippen LogP contribution in [-0.4, -0.2) is 41.5 Å². The van der Waals surface area contributed by atoms with E-state index in [0.29, 0.717) is 12.4 Å². The van der Waals surface area contributed by atoms with Gasteiger partial charge in [-0.05, 0) is 82.3 Å². The molecule has 0 bridgehead atoms. The van der Waals surface area contributed by atoms with Gasteiger partial charge >= 0.3 is 0 Å². The molecule has 0 radical (unpaired) electrons. The Balaban J connectivity index is 1.49. The third-order valence-corrected chi connectivity index (χ3v) is 6.50. The summed E-state index contributed by atoms with van der Waals surface area (Å²) in [6.45, 7) is 0.519. The second kappa shape index (κ2) is 11.6. The summed E-state index contributed by atoms with van der Waals surface area (Å²) < 4.78 is 15.9. The summed E-state index contributed by atoms with van der Waals surface area (Å²) >= 11 is 0. The number of benzene rings is 4. The zero-order valence-corrected chi connectivity index (χ0v) is 21.8. The predicted octanol–water partition coefficient (Wildman–Crippen LogP) is 5.60. The van der Waals surface area contributed by atoms with E-state index in [1.165, 1.54) is 11.1 Å². The van der Waals surface area contributed by atoms with E-state index >= 15 is 0 Å². The first kappa shape index (κ1) is 25.0. The highest BCUT2D eigenvalue weighted by molar-refractivity contribution is 5.66. The van der Waals surface area contributed by atoms with Gasteiger partial charge < -0.3 is 14.2 Å². The molecule has 0 saturated carbocycles. The molecule has 0 aliphatic heterocycles. The second-order valence-corrected chi connectivity index (χ2v) is 8.99. The van der Waals surface area contributed by atoms with Gasteiger partial charge in [0.25, 0.3) is 0 Å². The molecule has 7 nitrogen and oxygen atoms in total. The van der Waals surface area contributed by atoms with Crippen molar-refractivity contribution in [2.45, 2.75) is 19.4 Å². The first-order valence-electron chi connectivity index (χ1n) is 12.4. The molecule has 0 saturated heterocycles. The Morgan fingerprint density at radius 3 is 1.47 bits per heavy atom. The van der Waals surface area contributed by atoms with E-state index in [4.69, 9.17) is 19.3 Å². The molecule has 1 heterocycles. The third-order valence-electron chi connectivity index (χ3n) is 6.50. The van der Waals surface area contributed by atoms with E-state index in [0.717, 1.165) is 52.3 Å². The Hall–Kier alpha value is -4.65. The smallest absolute Gasteiger partial charge is 0.205 e. The van der Waals surface area contributed by atoms with Crippen molar-refractivity contribution >= 4 is 0 Å². The monoisotopic (exact) mass is 506 g/mol. The molecule has 0 N–H and O–H groups in total. The fraction of sp³-hybridized carbons (Fsp3) is 0.194. The minimum absolute atomic E-state index is 0.519. The van der Waals surface area contributed by atoms with Crippen molar-refractivity contribution in [1.29, 1.82) is 0 Å². The van der Waals surface area contributed by atoms with Crippen LogP contribution in [0.4, 0.5) is 0 Å². The number of hydrogen-bond donors (Lipinski definition) is 0. The third kappa shape index (κ3) is 5.83. The van der Waals surface area contributed by atoms with Crippen LogP contribution < -0.4 is 14.2 Å². The number of methoxy groups -OCH3 is 3. The lowest BCUT2D eigenvalue weighted by Crippen LogP contribution is -2.04. The number of hydrogen-bond acceptors (Lipinski definition) is 6. The standard InChI is InChI=1S/C31H30N4O3/c1-36-27-13-7-22(8-14-27)19-25-5-4-6-26(20-23-9-15-28(37-2)16-10-23)30(25)31-32-34-35(33-31)21-24-11-17-29(38-3)18-12-24/h4-18H,19-21H2,1-3H3. The minimum atomic E-state index is 0.519. The van der Waals surface area contributed by atoms with E-state index in [1.54, 1.807) is 26.1 Å². The highest BCUT2D eigenvalue weighted by Gasteiger charge is 2.17. The van der Waals surface area contributed by atoms with Gasteiger partial charge in [0.1, 0.15) is 17.2 Å². The van der Waals surface area contributed by atoms with Crippen LogP contribution in [-0.2, 0) is 19.4 Å². The Labute approximate surface area is 222 Å². The molecule has 0 unspecified atom stereocenters. The number of rotatable bonds is 10. The summed E-state index contributed by atoms with van der Waals surface area (Å²) in [4.78, 5) is 1.64. The number of ether oxygens (including phenoxy) is 3. The predicted molar refractivity (Wildman–Crippen MR) is 147 cm³/mol. The topological polar surface area (TPSA) is 71.3 Å². The molecule has 1 aromatic heterocycles. The SMILES string of the molecule is COc1ccc(Cc2cccc(Cc3ccc(OC)cc3)c2-c2nnn(Cc3ccc(OC)cc3)n2)cc1. The maximum absolute atomic E-state index is 5.33. The van der Waals surface area contributed by atoms with E-state index in [1.807, 2.05) is 48.5 Å². The Morgan fingerprint density at radius 2 is 1.03 bits per heavy atom. The van der Waals surface area contributed by atoms with Crippen molar-refractivity contribution in [3.63, 3.8) is 0 Å². The van der Waals surface area contributed by atoms with Gasteiger partial charge in [-0.2, -0.15) is 4.80 Å². The van der Waals surface area contributed by atoms with Crippen molar-refractivity contribution < 1.29 is 14.2 Å². The zero-order valence-electron chi connectivity index (χ0n) is 21.8. The van der Waals surface area contributed by atoms with Crippen molar-refractivity contribution in [2.75, 3.05) is 21.3 Å². The summed E-state index contributed by atoms with van der Waals surface area (Å²) in [6, 6.07) is 30.6. The Kier molecular flexibility index (Phi) is 7.64. The van der Waals surface area contributed by atoms with Gasteiger partial charge in [-0.25, -0.2) is 0 Å². The first-order valence-corrected chi connectivity index (χ1v) is 12.4. The van der Waals surface area contributed by atoms with Crippen molar-refractivity contribution in [1.82, 2.24) is 20.2 Å². The fourth-order valence-electron chi connectivity index (χ4n) is 4.47. The quantitative estimate of drug-likeness (QED) is 0.246. The van der Waals surface area contributed by atoms with Gasteiger partial charge in [0.15, 0.2) is 0 Å². The van der Waals surface area contributed by atoms with Crippen LogP contribution in [0, 0.1) is 0 Å². The number of nitrogens with zero attached hydrogens (tertiary/aromatic N) is 4. The average molecular weight is 507 g/mol. The summed E-state index contributed by atoms with van der Waals surface area (Å²) in [5, 5.41) is 13.7. The molecular weight excluding hydrogens is 476 g/mol. The van der Waals surface area contributed by atoms with Gasteiger partial charge in [0.2, 0.25) is 5.82 Å². The molecule has 38 heavy (non-hydrogen) atoms. The minimum Gasteiger partial charge on any atom is -0.497 e. The second-order valence-electron chi connectivity index (χ2n) is 8.99. The van der Waals surface area contributed by atoms with Crippen LogP contribution in [0.3, 0.4) is 0 Å². The number of tetrazole rings is 1. The zero-order chi connectivity index (χ0) is 26.3. The summed E-state index contributed by atoms with van der Waals surface area (Å²) in [5.74, 6) is 3.11. The Morgan fingerprint density at radius 1 is 0.579 bits per heavy atom. The molecule has 0 amide bonds. The van der Waals surface area contributed by atoms with Crippen LogP contribution in [0.1, 0.15) is 27.8 Å². The Bertz CT molecular complexity index is 1410. The first-order chi connectivity index (χ1) is 18.6. The largest absolute Gasteiger partial charge is 0.497 e. The van der Waals surface area contributed by atoms with Gasteiger partial charge in [-0.15, -0.1) is 10.2 Å². The summed E-state index contributed by atoms with van der Waals surface area (Å²) in [6.07, 6.45) is 1.48. The van der Waals surface area contributed by atoms with Crippen LogP contribution >= 0.6 is 0 Å². The lowest BCUT2D eigenvalue weighted by Gasteiger charge is -2.13. The summed E-state index contributed by atoms with van der Waals surface area (Å²) in [5.41, 5.74) is 6.73. The normalized spacial score (nSPS) is 10.8. The molecular formula is C31H30N4O3. The molecule has 5 rings (SSSR count). The maximum atomic E-state index is 5.33. The fourth-order valence-corrected chi connectivity index (χ4v) is 4.47. The van der Waals surface area contributed by atoms with Crippen LogP contribution in [0.2, 0.25) is 0 Å². The van der Waals surface area contributed by atoms with Crippen LogP contribution in [0.5, 0.6) is 17.2 Å². The lowest BCUT2D eigenvalue weighted by molar-refractivity contribution is 0.414. The molecule has 7 heteroatoms. The van der Waals surface area contributed by atoms with E-state index < -0.39 is 0 Å². The van der Waals surface area contributed by atoms with Gasteiger partial charge in [-0.1, -0.05) is 54.6 Å². The van der Waals surface area contributed by atoms with Crippen LogP contribution in [0.25, 0.3) is 11.4 Å². The molecule has 4 aromatic carbocycles. The molecule has 0 aliphatic rings.